The number of thioether (sulfide) groups is 1. The first-order valence-electron chi connectivity index (χ1n) is 9.39. The van der Waals surface area contributed by atoms with Gasteiger partial charge in [-0.15, -0.1) is 11.8 Å². The molecule has 3 rings (SSSR count). The van der Waals surface area contributed by atoms with Crippen molar-refractivity contribution in [2.45, 2.75) is 45.1 Å². The number of nitrogens with one attached hydrogen (secondary N) is 2. The molecular weight excluding hydrogens is 360 g/mol. The normalized spacial score (nSPS) is 14.7. The summed E-state index contributed by atoms with van der Waals surface area (Å²) in [6.45, 7) is 2.00. The van der Waals surface area contributed by atoms with Crippen molar-refractivity contribution in [2.24, 2.45) is 0 Å². The van der Waals surface area contributed by atoms with Crippen molar-refractivity contribution >= 4 is 35.1 Å². The minimum Gasteiger partial charge on any atom is -0.325 e. The predicted molar refractivity (Wildman–Crippen MR) is 110 cm³/mol. The standard InChI is InChI=1S/C20H26N4O2S/c1-15-7-9-16(10-8-15)22-19(25)13-27-14-20(26)23-18-11-12-21-24(18)17-5-3-2-4-6-17/h7-12,17H,2-6,13-14H2,1H3,(H,22,25)(H,23,26). The molecule has 0 aliphatic heterocycles. The van der Waals surface area contributed by atoms with Gasteiger partial charge in [-0.3, -0.25) is 9.59 Å². The molecule has 1 aromatic heterocycles. The molecule has 1 aromatic carbocycles. The first-order chi connectivity index (χ1) is 13.1. The van der Waals surface area contributed by atoms with Crippen molar-refractivity contribution in [3.8, 4) is 0 Å². The van der Waals surface area contributed by atoms with Crippen LogP contribution in [-0.2, 0) is 9.59 Å². The minimum atomic E-state index is -0.110. The summed E-state index contributed by atoms with van der Waals surface area (Å²) in [5, 5.41) is 10.1. The van der Waals surface area contributed by atoms with E-state index in [1.165, 1.54) is 31.0 Å². The Morgan fingerprint density at radius 2 is 1.70 bits per heavy atom. The quantitative estimate of drug-likeness (QED) is 0.754. The number of amides is 2. The summed E-state index contributed by atoms with van der Waals surface area (Å²) in [5.41, 5.74) is 1.92. The lowest BCUT2D eigenvalue weighted by Crippen LogP contribution is -2.22. The number of rotatable bonds is 7. The highest BCUT2D eigenvalue weighted by Crippen LogP contribution is 2.29. The van der Waals surface area contributed by atoms with Gasteiger partial charge in [-0.1, -0.05) is 37.0 Å². The van der Waals surface area contributed by atoms with Gasteiger partial charge in [0.1, 0.15) is 5.82 Å². The molecule has 1 saturated carbocycles. The van der Waals surface area contributed by atoms with Crippen LogP contribution < -0.4 is 10.6 Å². The minimum absolute atomic E-state index is 0.107. The summed E-state index contributed by atoms with van der Waals surface area (Å²) >= 11 is 1.30. The second-order valence-electron chi connectivity index (χ2n) is 6.91. The molecule has 1 heterocycles. The van der Waals surface area contributed by atoms with Crippen molar-refractivity contribution in [1.82, 2.24) is 9.78 Å². The van der Waals surface area contributed by atoms with Crippen LogP contribution >= 0.6 is 11.8 Å². The number of aryl methyl sites for hydroxylation is 1. The Morgan fingerprint density at radius 1 is 1.04 bits per heavy atom. The average molecular weight is 387 g/mol. The zero-order chi connectivity index (χ0) is 19.1. The highest BCUT2D eigenvalue weighted by molar-refractivity contribution is 8.00. The van der Waals surface area contributed by atoms with E-state index in [1.807, 2.05) is 41.9 Å². The molecule has 1 aliphatic rings. The van der Waals surface area contributed by atoms with Gasteiger partial charge in [0.25, 0.3) is 0 Å². The Balaban J connectivity index is 1.41. The van der Waals surface area contributed by atoms with Crippen LogP contribution in [0, 0.1) is 6.92 Å². The van der Waals surface area contributed by atoms with Gasteiger partial charge in [0.15, 0.2) is 0 Å². The molecule has 0 bridgehead atoms. The maximum Gasteiger partial charge on any atom is 0.235 e. The molecule has 2 N–H and O–H groups in total. The van der Waals surface area contributed by atoms with Crippen molar-refractivity contribution in [3.63, 3.8) is 0 Å². The van der Waals surface area contributed by atoms with Gasteiger partial charge >= 0.3 is 0 Å². The molecule has 0 radical (unpaired) electrons. The van der Waals surface area contributed by atoms with Crippen LogP contribution in [0.2, 0.25) is 0 Å². The van der Waals surface area contributed by atoms with Gasteiger partial charge in [0, 0.05) is 11.8 Å². The number of nitrogens with zero attached hydrogens (tertiary/aromatic N) is 2. The molecule has 6 nitrogen and oxygen atoms in total. The molecular formula is C20H26N4O2S. The number of carbonyl (C=O) groups is 2. The van der Waals surface area contributed by atoms with Gasteiger partial charge in [0.2, 0.25) is 11.8 Å². The fourth-order valence-electron chi connectivity index (χ4n) is 3.28. The largest absolute Gasteiger partial charge is 0.325 e. The summed E-state index contributed by atoms with van der Waals surface area (Å²) in [4.78, 5) is 24.2. The van der Waals surface area contributed by atoms with Gasteiger partial charge < -0.3 is 10.6 Å². The lowest BCUT2D eigenvalue weighted by molar-refractivity contribution is -0.114. The van der Waals surface area contributed by atoms with E-state index in [4.69, 9.17) is 0 Å². The molecule has 0 unspecified atom stereocenters. The Labute approximate surface area is 164 Å². The highest BCUT2D eigenvalue weighted by Gasteiger charge is 2.19. The lowest BCUT2D eigenvalue weighted by Gasteiger charge is -2.23. The first-order valence-corrected chi connectivity index (χ1v) is 10.5. The molecule has 7 heteroatoms. The van der Waals surface area contributed by atoms with Gasteiger partial charge in [-0.05, 0) is 31.9 Å². The SMILES string of the molecule is Cc1ccc(NC(=O)CSCC(=O)Nc2ccnn2C2CCCCC2)cc1. The number of carbonyl (C=O) groups excluding carboxylic acids is 2. The third kappa shape index (κ3) is 5.85. The van der Waals surface area contributed by atoms with Crippen LogP contribution in [0.15, 0.2) is 36.5 Å². The number of aromatic nitrogens is 2. The van der Waals surface area contributed by atoms with E-state index in [0.29, 0.717) is 6.04 Å². The second-order valence-corrected chi connectivity index (χ2v) is 7.89. The van der Waals surface area contributed by atoms with Gasteiger partial charge in [-0.25, -0.2) is 4.68 Å². The fraction of sp³-hybridized carbons (Fsp3) is 0.450. The van der Waals surface area contributed by atoms with E-state index >= 15 is 0 Å². The van der Waals surface area contributed by atoms with Crippen LogP contribution in [0.25, 0.3) is 0 Å². The molecule has 0 atom stereocenters. The van der Waals surface area contributed by atoms with Gasteiger partial charge in [-0.2, -0.15) is 5.10 Å². The van der Waals surface area contributed by atoms with Gasteiger partial charge in [0.05, 0.1) is 23.7 Å². The Bertz CT molecular complexity index is 767. The lowest BCUT2D eigenvalue weighted by atomic mass is 9.96. The highest BCUT2D eigenvalue weighted by atomic mass is 32.2. The van der Waals surface area contributed by atoms with Crippen LogP contribution in [0.4, 0.5) is 11.5 Å². The number of hydrogen-bond acceptors (Lipinski definition) is 4. The predicted octanol–water partition coefficient (Wildman–Crippen LogP) is 4.01. The number of benzene rings is 1. The summed E-state index contributed by atoms with van der Waals surface area (Å²) in [5.74, 6) is 1.00. The third-order valence-corrected chi connectivity index (χ3v) is 5.59. The van der Waals surface area contributed by atoms with Crippen LogP contribution in [-0.4, -0.2) is 33.1 Å². The van der Waals surface area contributed by atoms with Crippen LogP contribution in [0.1, 0.15) is 43.7 Å². The maximum absolute atomic E-state index is 12.2. The van der Waals surface area contributed by atoms with E-state index in [1.54, 1.807) is 6.20 Å². The Kier molecular flexibility index (Phi) is 6.92. The fourth-order valence-corrected chi connectivity index (χ4v) is 3.90. The number of anilines is 2. The van der Waals surface area contributed by atoms with E-state index in [0.717, 1.165) is 29.9 Å². The molecule has 2 amide bonds. The van der Waals surface area contributed by atoms with E-state index < -0.39 is 0 Å². The van der Waals surface area contributed by atoms with Crippen molar-refractivity contribution < 1.29 is 9.59 Å². The average Bonchev–Trinajstić information content (AvgIpc) is 3.12. The zero-order valence-electron chi connectivity index (χ0n) is 15.6. The second kappa shape index (κ2) is 9.60. The van der Waals surface area contributed by atoms with Crippen molar-refractivity contribution in [1.29, 1.82) is 0 Å². The van der Waals surface area contributed by atoms with Crippen LogP contribution in [0.5, 0.6) is 0 Å². The summed E-state index contributed by atoms with van der Waals surface area (Å²) in [6, 6.07) is 9.85. The van der Waals surface area contributed by atoms with E-state index in [2.05, 4.69) is 15.7 Å². The maximum atomic E-state index is 12.2. The van der Waals surface area contributed by atoms with Crippen LogP contribution in [0.3, 0.4) is 0 Å². The molecule has 1 aliphatic carbocycles. The Hall–Kier alpha value is -2.28. The summed E-state index contributed by atoms with van der Waals surface area (Å²) in [7, 11) is 0. The monoisotopic (exact) mass is 386 g/mol. The molecule has 144 valence electrons. The summed E-state index contributed by atoms with van der Waals surface area (Å²) < 4.78 is 1.94. The third-order valence-electron chi connectivity index (χ3n) is 4.66. The molecule has 2 aromatic rings. The molecule has 1 fully saturated rings. The van der Waals surface area contributed by atoms with E-state index in [-0.39, 0.29) is 23.3 Å². The Morgan fingerprint density at radius 3 is 2.41 bits per heavy atom. The van der Waals surface area contributed by atoms with E-state index in [9.17, 15) is 9.59 Å². The van der Waals surface area contributed by atoms with Crippen molar-refractivity contribution in [3.05, 3.63) is 42.1 Å². The zero-order valence-corrected chi connectivity index (χ0v) is 16.4. The molecule has 27 heavy (non-hydrogen) atoms. The molecule has 0 spiro atoms. The smallest absolute Gasteiger partial charge is 0.235 e. The summed E-state index contributed by atoms with van der Waals surface area (Å²) in [6.07, 6.45) is 7.65. The number of hydrogen-bond donors (Lipinski definition) is 2. The molecule has 0 saturated heterocycles. The van der Waals surface area contributed by atoms with Crippen molar-refractivity contribution in [2.75, 3.05) is 22.1 Å². The topological polar surface area (TPSA) is 76.0 Å². The first kappa shape index (κ1) is 19.5.